The molecule has 2 N–H and O–H groups in total. The van der Waals surface area contributed by atoms with E-state index in [1.54, 1.807) is 18.2 Å². The minimum absolute atomic E-state index is 0.200. The number of aromatic nitrogens is 1. The van der Waals surface area contributed by atoms with E-state index in [9.17, 15) is 4.79 Å². The highest BCUT2D eigenvalue weighted by Crippen LogP contribution is 2.13. The molecule has 2 aromatic rings. The molecule has 1 aromatic carbocycles. The van der Waals surface area contributed by atoms with E-state index in [2.05, 4.69) is 22.3 Å². The van der Waals surface area contributed by atoms with E-state index in [0.717, 1.165) is 16.8 Å². The summed E-state index contributed by atoms with van der Waals surface area (Å²) in [6.07, 6.45) is 0. The SMILES string of the molecule is Cc1cc(CNC(=O)c2cccc(C#CCO)c2C)on1. The summed E-state index contributed by atoms with van der Waals surface area (Å²) in [5.74, 6) is 5.82. The summed E-state index contributed by atoms with van der Waals surface area (Å²) in [5.41, 5.74) is 2.84. The molecule has 5 nitrogen and oxygen atoms in total. The maximum atomic E-state index is 12.2. The third-order valence-electron chi connectivity index (χ3n) is 2.98. The summed E-state index contributed by atoms with van der Waals surface area (Å²) in [5, 5.41) is 15.3. The normalized spacial score (nSPS) is 9.86. The first-order valence-corrected chi connectivity index (χ1v) is 6.51. The van der Waals surface area contributed by atoms with Crippen molar-refractivity contribution in [1.29, 1.82) is 0 Å². The number of hydrogen-bond donors (Lipinski definition) is 2. The van der Waals surface area contributed by atoms with Crippen molar-refractivity contribution in [3.63, 3.8) is 0 Å². The molecule has 0 saturated heterocycles. The van der Waals surface area contributed by atoms with Crippen LogP contribution < -0.4 is 5.32 Å². The molecule has 0 atom stereocenters. The zero-order chi connectivity index (χ0) is 15.2. The van der Waals surface area contributed by atoms with E-state index in [1.807, 2.05) is 19.9 Å². The molecule has 0 aliphatic heterocycles. The molecule has 0 fully saturated rings. The van der Waals surface area contributed by atoms with Gasteiger partial charge in [0.1, 0.15) is 6.61 Å². The van der Waals surface area contributed by atoms with Gasteiger partial charge in [0.15, 0.2) is 5.76 Å². The Hall–Kier alpha value is -2.58. The highest BCUT2D eigenvalue weighted by molar-refractivity contribution is 5.96. The Morgan fingerprint density at radius 2 is 2.24 bits per heavy atom. The van der Waals surface area contributed by atoms with Crippen LogP contribution >= 0.6 is 0 Å². The van der Waals surface area contributed by atoms with Crippen molar-refractivity contribution >= 4 is 5.91 Å². The van der Waals surface area contributed by atoms with Crippen molar-refractivity contribution in [3.05, 3.63) is 52.4 Å². The second-order valence-electron chi connectivity index (χ2n) is 4.56. The Balaban J connectivity index is 2.12. The molecule has 1 aromatic heterocycles. The molecule has 5 heteroatoms. The number of benzene rings is 1. The van der Waals surface area contributed by atoms with E-state index in [-0.39, 0.29) is 19.1 Å². The van der Waals surface area contributed by atoms with Gasteiger partial charge in [0.25, 0.3) is 5.91 Å². The van der Waals surface area contributed by atoms with Crippen LogP contribution in [0.15, 0.2) is 28.8 Å². The van der Waals surface area contributed by atoms with Gasteiger partial charge >= 0.3 is 0 Å². The van der Waals surface area contributed by atoms with Crippen LogP contribution in [0.5, 0.6) is 0 Å². The van der Waals surface area contributed by atoms with Crippen molar-refractivity contribution in [2.45, 2.75) is 20.4 Å². The molecular formula is C16H16N2O3. The summed E-state index contributed by atoms with van der Waals surface area (Å²) in [6, 6.07) is 7.09. The first-order valence-electron chi connectivity index (χ1n) is 6.51. The quantitative estimate of drug-likeness (QED) is 0.839. The summed E-state index contributed by atoms with van der Waals surface area (Å²) in [4.78, 5) is 12.2. The first kappa shape index (κ1) is 14.8. The Morgan fingerprint density at radius 1 is 1.43 bits per heavy atom. The molecule has 0 aliphatic carbocycles. The number of aliphatic hydroxyl groups is 1. The third kappa shape index (κ3) is 3.71. The summed E-state index contributed by atoms with van der Waals surface area (Å²) in [6.45, 7) is 3.73. The van der Waals surface area contributed by atoms with Gasteiger partial charge in [-0.05, 0) is 31.5 Å². The molecule has 2 rings (SSSR count). The van der Waals surface area contributed by atoms with E-state index >= 15 is 0 Å². The highest BCUT2D eigenvalue weighted by Gasteiger charge is 2.11. The van der Waals surface area contributed by atoms with E-state index in [0.29, 0.717) is 11.3 Å². The van der Waals surface area contributed by atoms with Gasteiger partial charge < -0.3 is 14.9 Å². The monoisotopic (exact) mass is 284 g/mol. The van der Waals surface area contributed by atoms with Crippen LogP contribution in [-0.2, 0) is 6.54 Å². The van der Waals surface area contributed by atoms with Crippen molar-refractivity contribution in [2.75, 3.05) is 6.61 Å². The Kier molecular flexibility index (Phi) is 4.75. The molecule has 0 aliphatic rings. The second-order valence-corrected chi connectivity index (χ2v) is 4.56. The van der Waals surface area contributed by atoms with Crippen LogP contribution in [0.4, 0.5) is 0 Å². The minimum Gasteiger partial charge on any atom is -0.384 e. The van der Waals surface area contributed by atoms with Crippen LogP contribution in [0.1, 0.15) is 32.9 Å². The molecule has 0 unspecified atom stereocenters. The van der Waals surface area contributed by atoms with Gasteiger partial charge in [-0.1, -0.05) is 23.1 Å². The molecule has 0 spiro atoms. The van der Waals surface area contributed by atoms with Gasteiger partial charge in [-0.15, -0.1) is 0 Å². The number of rotatable bonds is 3. The average molecular weight is 284 g/mol. The largest absolute Gasteiger partial charge is 0.384 e. The number of hydrogen-bond acceptors (Lipinski definition) is 4. The lowest BCUT2D eigenvalue weighted by Gasteiger charge is -2.07. The zero-order valence-corrected chi connectivity index (χ0v) is 11.9. The minimum atomic E-state index is -0.208. The van der Waals surface area contributed by atoms with Crippen LogP contribution in [0.3, 0.4) is 0 Å². The van der Waals surface area contributed by atoms with Crippen molar-refractivity contribution < 1.29 is 14.4 Å². The number of nitrogens with zero attached hydrogens (tertiary/aromatic N) is 1. The topological polar surface area (TPSA) is 75.4 Å². The number of nitrogens with one attached hydrogen (secondary N) is 1. The van der Waals surface area contributed by atoms with E-state index < -0.39 is 0 Å². The first-order chi connectivity index (χ1) is 10.1. The van der Waals surface area contributed by atoms with Gasteiger partial charge in [0, 0.05) is 17.2 Å². The predicted molar refractivity (Wildman–Crippen MR) is 77.6 cm³/mol. The van der Waals surface area contributed by atoms with Gasteiger partial charge in [-0.3, -0.25) is 4.79 Å². The number of carbonyl (C=O) groups excluding carboxylic acids is 1. The smallest absolute Gasteiger partial charge is 0.251 e. The van der Waals surface area contributed by atoms with Gasteiger partial charge in [-0.2, -0.15) is 0 Å². The third-order valence-corrected chi connectivity index (χ3v) is 2.98. The number of amides is 1. The van der Waals surface area contributed by atoms with Crippen LogP contribution in [0.2, 0.25) is 0 Å². The van der Waals surface area contributed by atoms with Gasteiger partial charge in [0.05, 0.1) is 12.2 Å². The number of aliphatic hydroxyl groups excluding tert-OH is 1. The van der Waals surface area contributed by atoms with Gasteiger partial charge in [-0.25, -0.2) is 0 Å². The van der Waals surface area contributed by atoms with Crippen LogP contribution in [0.25, 0.3) is 0 Å². The lowest BCUT2D eigenvalue weighted by Crippen LogP contribution is -2.23. The lowest BCUT2D eigenvalue weighted by molar-refractivity contribution is 0.0946. The molecule has 0 bridgehead atoms. The molecule has 1 amide bonds. The lowest BCUT2D eigenvalue weighted by atomic mass is 10.0. The van der Waals surface area contributed by atoms with Crippen LogP contribution in [-0.4, -0.2) is 22.8 Å². The predicted octanol–water partition coefficient (Wildman–Crippen LogP) is 1.57. The molecule has 0 saturated carbocycles. The van der Waals surface area contributed by atoms with E-state index in [1.165, 1.54) is 0 Å². The molecular weight excluding hydrogens is 268 g/mol. The fraction of sp³-hybridized carbons (Fsp3) is 0.250. The van der Waals surface area contributed by atoms with Crippen molar-refractivity contribution in [2.24, 2.45) is 0 Å². The summed E-state index contributed by atoms with van der Waals surface area (Å²) < 4.78 is 5.04. The van der Waals surface area contributed by atoms with Crippen molar-refractivity contribution in [1.82, 2.24) is 10.5 Å². The maximum Gasteiger partial charge on any atom is 0.251 e. The second kappa shape index (κ2) is 6.73. The average Bonchev–Trinajstić information content (AvgIpc) is 2.89. The summed E-state index contributed by atoms with van der Waals surface area (Å²) >= 11 is 0. The number of aryl methyl sites for hydroxylation is 1. The Labute approximate surface area is 123 Å². The Bertz CT molecular complexity index is 708. The number of carbonyl (C=O) groups is 1. The fourth-order valence-electron chi connectivity index (χ4n) is 1.91. The van der Waals surface area contributed by atoms with E-state index in [4.69, 9.17) is 9.63 Å². The standard InChI is InChI=1S/C16H16N2O3/c1-11-9-14(21-18-11)10-17-16(20)15-7-3-5-13(12(15)2)6-4-8-19/h3,5,7,9,19H,8,10H2,1-2H3,(H,17,20). The zero-order valence-electron chi connectivity index (χ0n) is 11.9. The van der Waals surface area contributed by atoms with Gasteiger partial charge in [0.2, 0.25) is 0 Å². The molecule has 1 heterocycles. The van der Waals surface area contributed by atoms with Crippen molar-refractivity contribution in [3.8, 4) is 11.8 Å². The summed E-state index contributed by atoms with van der Waals surface area (Å²) in [7, 11) is 0. The maximum absolute atomic E-state index is 12.2. The molecule has 21 heavy (non-hydrogen) atoms. The highest BCUT2D eigenvalue weighted by atomic mass is 16.5. The fourth-order valence-corrected chi connectivity index (χ4v) is 1.91. The van der Waals surface area contributed by atoms with Crippen LogP contribution in [0, 0.1) is 25.7 Å². The molecule has 108 valence electrons. The molecule has 0 radical (unpaired) electrons. The Morgan fingerprint density at radius 3 is 2.90 bits per heavy atom.